The molecule has 0 radical (unpaired) electrons. The van der Waals surface area contributed by atoms with Gasteiger partial charge in [-0.05, 0) is 18.9 Å². The van der Waals surface area contributed by atoms with Gasteiger partial charge >= 0.3 is 0 Å². The van der Waals surface area contributed by atoms with Crippen LogP contribution in [0.3, 0.4) is 0 Å². The molecule has 0 bridgehead atoms. The second-order valence-corrected chi connectivity index (χ2v) is 5.14. The molecule has 2 atom stereocenters. The molecule has 0 saturated heterocycles. The highest BCUT2D eigenvalue weighted by atomic mass is 19.2. The molecule has 0 heterocycles. The largest absolute Gasteiger partial charge is 0.369 e. The summed E-state index contributed by atoms with van der Waals surface area (Å²) < 4.78 is 39.4. The van der Waals surface area contributed by atoms with Crippen LogP contribution in [0.25, 0.3) is 0 Å². The normalized spacial score (nSPS) is 22.8. The first-order valence-corrected chi connectivity index (χ1v) is 6.65. The van der Waals surface area contributed by atoms with E-state index in [1.165, 1.54) is 0 Å². The standard InChI is InChI=1S/C14H17F3N2O/c15-10-6-12(17)11(16)5-8(10)7-19-13-4-2-1-3-9(13)14(18)20/h5-6,9,13,19H,1-4,7H2,(H2,18,20)/t9-,13+/m0/s1. The van der Waals surface area contributed by atoms with E-state index in [-0.39, 0.29) is 30.0 Å². The van der Waals surface area contributed by atoms with Gasteiger partial charge in [0.1, 0.15) is 5.82 Å². The number of nitrogens with one attached hydrogen (secondary N) is 1. The van der Waals surface area contributed by atoms with Crippen LogP contribution in [0, 0.1) is 23.4 Å². The predicted molar refractivity (Wildman–Crippen MR) is 68.1 cm³/mol. The summed E-state index contributed by atoms with van der Waals surface area (Å²) in [5, 5.41) is 3.03. The van der Waals surface area contributed by atoms with E-state index in [0.717, 1.165) is 25.3 Å². The van der Waals surface area contributed by atoms with Crippen molar-refractivity contribution in [2.45, 2.75) is 38.3 Å². The van der Waals surface area contributed by atoms with Crippen LogP contribution < -0.4 is 11.1 Å². The van der Waals surface area contributed by atoms with Gasteiger partial charge in [-0.1, -0.05) is 12.8 Å². The zero-order valence-electron chi connectivity index (χ0n) is 11.0. The van der Waals surface area contributed by atoms with Crippen molar-refractivity contribution in [2.24, 2.45) is 11.7 Å². The van der Waals surface area contributed by atoms with Crippen molar-refractivity contribution in [3.63, 3.8) is 0 Å². The van der Waals surface area contributed by atoms with Crippen LogP contribution in [0.5, 0.6) is 0 Å². The highest BCUT2D eigenvalue weighted by Gasteiger charge is 2.29. The van der Waals surface area contributed by atoms with Crippen molar-refractivity contribution in [3.8, 4) is 0 Å². The fraction of sp³-hybridized carbons (Fsp3) is 0.500. The van der Waals surface area contributed by atoms with Gasteiger partial charge in [-0.15, -0.1) is 0 Å². The third-order valence-electron chi connectivity index (χ3n) is 3.78. The van der Waals surface area contributed by atoms with Crippen LogP contribution in [0.2, 0.25) is 0 Å². The SMILES string of the molecule is NC(=O)[C@H]1CCCC[C@H]1NCc1cc(F)c(F)cc1F. The minimum atomic E-state index is -1.21. The Bertz CT molecular complexity index is 507. The summed E-state index contributed by atoms with van der Waals surface area (Å²) in [6.45, 7) is 0.0392. The second-order valence-electron chi connectivity index (χ2n) is 5.14. The van der Waals surface area contributed by atoms with Crippen LogP contribution in [0.1, 0.15) is 31.2 Å². The summed E-state index contributed by atoms with van der Waals surface area (Å²) in [5.41, 5.74) is 5.38. The number of hydrogen-bond donors (Lipinski definition) is 2. The highest BCUT2D eigenvalue weighted by molar-refractivity contribution is 5.77. The van der Waals surface area contributed by atoms with Gasteiger partial charge in [-0.2, -0.15) is 0 Å². The van der Waals surface area contributed by atoms with E-state index in [0.29, 0.717) is 12.5 Å². The third kappa shape index (κ3) is 3.30. The molecule has 1 fully saturated rings. The van der Waals surface area contributed by atoms with Gasteiger partial charge in [0.2, 0.25) is 5.91 Å². The number of carbonyl (C=O) groups excluding carboxylic acids is 1. The molecule has 20 heavy (non-hydrogen) atoms. The molecule has 1 aromatic carbocycles. The number of hydrogen-bond acceptors (Lipinski definition) is 2. The number of nitrogens with two attached hydrogens (primary N) is 1. The van der Waals surface area contributed by atoms with Crippen LogP contribution in [0.15, 0.2) is 12.1 Å². The van der Waals surface area contributed by atoms with Crippen molar-refractivity contribution in [1.29, 1.82) is 0 Å². The van der Waals surface area contributed by atoms with E-state index in [9.17, 15) is 18.0 Å². The molecule has 1 saturated carbocycles. The summed E-state index contributed by atoms with van der Waals surface area (Å²) in [5.74, 6) is -3.77. The first kappa shape index (κ1) is 14.8. The Morgan fingerprint density at radius 3 is 2.50 bits per heavy atom. The zero-order valence-corrected chi connectivity index (χ0v) is 11.0. The van der Waals surface area contributed by atoms with Crippen LogP contribution in [-0.2, 0) is 11.3 Å². The zero-order chi connectivity index (χ0) is 14.7. The molecule has 1 aliphatic carbocycles. The summed E-state index contributed by atoms with van der Waals surface area (Å²) in [6, 6.07) is 1.22. The van der Waals surface area contributed by atoms with E-state index in [4.69, 9.17) is 5.73 Å². The van der Waals surface area contributed by atoms with E-state index in [1.807, 2.05) is 0 Å². The maximum atomic E-state index is 13.5. The Morgan fingerprint density at radius 1 is 1.15 bits per heavy atom. The molecule has 0 unspecified atom stereocenters. The average molecular weight is 286 g/mol. The average Bonchev–Trinajstić information content (AvgIpc) is 2.41. The number of carbonyl (C=O) groups is 1. The third-order valence-corrected chi connectivity index (χ3v) is 3.78. The molecule has 6 heteroatoms. The molecule has 1 aliphatic rings. The Morgan fingerprint density at radius 2 is 1.80 bits per heavy atom. The Hall–Kier alpha value is -1.56. The van der Waals surface area contributed by atoms with E-state index >= 15 is 0 Å². The van der Waals surface area contributed by atoms with Crippen molar-refractivity contribution in [3.05, 3.63) is 35.1 Å². The van der Waals surface area contributed by atoms with Gasteiger partial charge in [0.25, 0.3) is 0 Å². The fourth-order valence-corrected chi connectivity index (χ4v) is 2.66. The first-order chi connectivity index (χ1) is 9.49. The first-order valence-electron chi connectivity index (χ1n) is 6.65. The minimum absolute atomic E-state index is 0.0392. The van der Waals surface area contributed by atoms with Gasteiger partial charge in [-0.3, -0.25) is 4.79 Å². The summed E-state index contributed by atoms with van der Waals surface area (Å²) in [4.78, 5) is 11.3. The Labute approximate surface area is 115 Å². The Kier molecular flexibility index (Phi) is 4.65. The lowest BCUT2D eigenvalue weighted by molar-refractivity contribution is -0.123. The van der Waals surface area contributed by atoms with Gasteiger partial charge in [-0.25, -0.2) is 13.2 Å². The van der Waals surface area contributed by atoms with Crippen molar-refractivity contribution in [1.82, 2.24) is 5.32 Å². The van der Waals surface area contributed by atoms with Crippen LogP contribution in [-0.4, -0.2) is 11.9 Å². The maximum Gasteiger partial charge on any atom is 0.222 e. The van der Waals surface area contributed by atoms with Gasteiger partial charge in [0.15, 0.2) is 11.6 Å². The predicted octanol–water partition coefficient (Wildman–Crippen LogP) is 2.24. The highest BCUT2D eigenvalue weighted by Crippen LogP contribution is 2.24. The molecule has 0 aliphatic heterocycles. The summed E-state index contributed by atoms with van der Waals surface area (Å²) in [6.07, 6.45) is 3.36. The Balaban J connectivity index is 2.04. The van der Waals surface area contributed by atoms with E-state index in [2.05, 4.69) is 5.32 Å². The molecule has 3 N–H and O–H groups in total. The number of rotatable bonds is 4. The van der Waals surface area contributed by atoms with E-state index < -0.39 is 17.5 Å². The summed E-state index contributed by atoms with van der Waals surface area (Å²) >= 11 is 0. The molecule has 0 spiro atoms. The fourth-order valence-electron chi connectivity index (χ4n) is 2.66. The number of primary amides is 1. The van der Waals surface area contributed by atoms with Crippen molar-refractivity contribution in [2.75, 3.05) is 0 Å². The topological polar surface area (TPSA) is 55.1 Å². The molecule has 110 valence electrons. The molecular weight excluding hydrogens is 269 g/mol. The summed E-state index contributed by atoms with van der Waals surface area (Å²) in [7, 11) is 0. The molecular formula is C14H17F3N2O. The lowest BCUT2D eigenvalue weighted by Crippen LogP contribution is -2.44. The molecule has 0 aromatic heterocycles. The van der Waals surface area contributed by atoms with Gasteiger partial charge < -0.3 is 11.1 Å². The number of halogens is 3. The van der Waals surface area contributed by atoms with Crippen molar-refractivity contribution >= 4 is 5.91 Å². The van der Waals surface area contributed by atoms with E-state index in [1.54, 1.807) is 0 Å². The number of amides is 1. The molecule has 2 rings (SSSR count). The molecule has 3 nitrogen and oxygen atoms in total. The van der Waals surface area contributed by atoms with Crippen molar-refractivity contribution < 1.29 is 18.0 Å². The quantitative estimate of drug-likeness (QED) is 0.834. The second kappa shape index (κ2) is 6.26. The number of benzene rings is 1. The lowest BCUT2D eigenvalue weighted by atomic mass is 9.84. The monoisotopic (exact) mass is 286 g/mol. The maximum absolute atomic E-state index is 13.5. The lowest BCUT2D eigenvalue weighted by Gasteiger charge is -2.30. The van der Waals surface area contributed by atoms with Gasteiger partial charge in [0, 0.05) is 24.2 Å². The smallest absolute Gasteiger partial charge is 0.222 e. The molecule has 1 aromatic rings. The van der Waals surface area contributed by atoms with Crippen LogP contribution >= 0.6 is 0 Å². The molecule has 1 amide bonds. The minimum Gasteiger partial charge on any atom is -0.369 e. The van der Waals surface area contributed by atoms with Crippen LogP contribution in [0.4, 0.5) is 13.2 Å². The van der Waals surface area contributed by atoms with Gasteiger partial charge in [0.05, 0.1) is 5.92 Å².